The lowest BCUT2D eigenvalue weighted by atomic mass is 10.0. The first kappa shape index (κ1) is 14.5. The SMILES string of the molecule is CNC(c1ccc(C(F)(F)F)cc1)c1cccc(C)n1. The largest absolute Gasteiger partial charge is 0.416 e. The van der Waals surface area contributed by atoms with Gasteiger partial charge in [-0.25, -0.2) is 0 Å². The molecule has 106 valence electrons. The van der Waals surface area contributed by atoms with E-state index >= 15 is 0 Å². The molecule has 1 aromatic carbocycles. The average Bonchev–Trinajstić information content (AvgIpc) is 2.39. The molecule has 2 aromatic rings. The van der Waals surface area contributed by atoms with Crippen molar-refractivity contribution in [3.63, 3.8) is 0 Å². The van der Waals surface area contributed by atoms with Crippen LogP contribution in [0.25, 0.3) is 0 Å². The van der Waals surface area contributed by atoms with E-state index < -0.39 is 11.7 Å². The fourth-order valence-corrected chi connectivity index (χ4v) is 2.07. The highest BCUT2D eigenvalue weighted by Crippen LogP contribution is 2.30. The molecule has 0 amide bonds. The summed E-state index contributed by atoms with van der Waals surface area (Å²) in [7, 11) is 1.76. The van der Waals surface area contributed by atoms with Crippen molar-refractivity contribution < 1.29 is 13.2 Å². The maximum absolute atomic E-state index is 12.6. The molecule has 1 atom stereocenters. The highest BCUT2D eigenvalue weighted by Gasteiger charge is 2.30. The zero-order valence-electron chi connectivity index (χ0n) is 11.2. The minimum atomic E-state index is -4.31. The predicted octanol–water partition coefficient (Wildman–Crippen LogP) is 3.72. The summed E-state index contributed by atoms with van der Waals surface area (Å²) >= 11 is 0. The van der Waals surface area contributed by atoms with E-state index in [0.29, 0.717) is 0 Å². The number of aryl methyl sites for hydroxylation is 1. The lowest BCUT2D eigenvalue weighted by Crippen LogP contribution is -2.19. The third-order valence-corrected chi connectivity index (χ3v) is 3.07. The quantitative estimate of drug-likeness (QED) is 0.927. The number of hydrogen-bond donors (Lipinski definition) is 1. The third kappa shape index (κ3) is 3.17. The van der Waals surface area contributed by atoms with E-state index in [1.807, 2.05) is 25.1 Å². The van der Waals surface area contributed by atoms with Crippen LogP contribution in [0.1, 0.15) is 28.6 Å². The van der Waals surface area contributed by atoms with Crippen LogP contribution >= 0.6 is 0 Å². The molecule has 0 radical (unpaired) electrons. The highest BCUT2D eigenvalue weighted by molar-refractivity contribution is 5.32. The van der Waals surface area contributed by atoms with Crippen molar-refractivity contribution in [2.24, 2.45) is 0 Å². The number of pyridine rings is 1. The Morgan fingerprint density at radius 1 is 1.05 bits per heavy atom. The number of hydrogen-bond acceptors (Lipinski definition) is 2. The van der Waals surface area contributed by atoms with Gasteiger partial charge < -0.3 is 5.32 Å². The minimum absolute atomic E-state index is 0.225. The van der Waals surface area contributed by atoms with Gasteiger partial charge in [0.25, 0.3) is 0 Å². The van der Waals surface area contributed by atoms with Gasteiger partial charge in [-0.2, -0.15) is 13.2 Å². The van der Waals surface area contributed by atoms with Gasteiger partial charge in [0.2, 0.25) is 0 Å². The highest BCUT2D eigenvalue weighted by atomic mass is 19.4. The maximum Gasteiger partial charge on any atom is 0.416 e. The van der Waals surface area contributed by atoms with Gasteiger partial charge in [0.05, 0.1) is 17.3 Å². The van der Waals surface area contributed by atoms with Crippen LogP contribution in [0.4, 0.5) is 13.2 Å². The van der Waals surface area contributed by atoms with Crippen molar-refractivity contribution >= 4 is 0 Å². The van der Waals surface area contributed by atoms with Crippen LogP contribution in [0.5, 0.6) is 0 Å². The van der Waals surface area contributed by atoms with Crippen molar-refractivity contribution in [1.82, 2.24) is 10.3 Å². The maximum atomic E-state index is 12.6. The number of benzene rings is 1. The van der Waals surface area contributed by atoms with Crippen LogP contribution < -0.4 is 5.32 Å². The molecule has 2 rings (SSSR count). The summed E-state index contributed by atoms with van der Waals surface area (Å²) in [4.78, 5) is 4.41. The summed E-state index contributed by atoms with van der Waals surface area (Å²) in [5.74, 6) is 0. The first-order valence-electron chi connectivity index (χ1n) is 6.20. The fourth-order valence-electron chi connectivity index (χ4n) is 2.07. The van der Waals surface area contributed by atoms with Gasteiger partial charge in [-0.05, 0) is 43.8 Å². The molecule has 2 nitrogen and oxygen atoms in total. The molecule has 1 heterocycles. The molecule has 0 bridgehead atoms. The Bertz CT molecular complexity index is 576. The number of alkyl halides is 3. The van der Waals surface area contributed by atoms with Crippen molar-refractivity contribution in [2.45, 2.75) is 19.1 Å². The molecule has 1 aromatic heterocycles. The second kappa shape index (κ2) is 5.63. The van der Waals surface area contributed by atoms with Gasteiger partial charge in [0.1, 0.15) is 0 Å². The Kier molecular flexibility index (Phi) is 4.09. The first-order valence-corrected chi connectivity index (χ1v) is 6.20. The predicted molar refractivity (Wildman–Crippen MR) is 71.3 cm³/mol. The summed E-state index contributed by atoms with van der Waals surface area (Å²) in [6.07, 6.45) is -4.31. The molecule has 1 unspecified atom stereocenters. The molecule has 0 saturated heterocycles. The number of nitrogens with zero attached hydrogens (tertiary/aromatic N) is 1. The van der Waals surface area contributed by atoms with Crippen molar-refractivity contribution in [1.29, 1.82) is 0 Å². The normalized spacial score (nSPS) is 13.2. The number of rotatable bonds is 3. The van der Waals surface area contributed by atoms with Crippen molar-refractivity contribution in [3.05, 3.63) is 65.0 Å². The fraction of sp³-hybridized carbons (Fsp3) is 0.267. The van der Waals surface area contributed by atoms with Crippen LogP contribution in [-0.4, -0.2) is 12.0 Å². The van der Waals surface area contributed by atoms with Crippen LogP contribution in [-0.2, 0) is 6.18 Å². The van der Waals surface area contributed by atoms with E-state index in [-0.39, 0.29) is 6.04 Å². The van der Waals surface area contributed by atoms with Crippen LogP contribution in [0.15, 0.2) is 42.5 Å². The zero-order valence-corrected chi connectivity index (χ0v) is 11.2. The molecule has 0 aliphatic carbocycles. The lowest BCUT2D eigenvalue weighted by molar-refractivity contribution is -0.137. The van der Waals surface area contributed by atoms with E-state index in [2.05, 4.69) is 10.3 Å². The molecule has 0 fully saturated rings. The van der Waals surface area contributed by atoms with Crippen LogP contribution in [0.3, 0.4) is 0 Å². The Hall–Kier alpha value is -1.88. The second-order valence-electron chi connectivity index (χ2n) is 4.55. The smallest absolute Gasteiger partial charge is 0.308 e. The zero-order chi connectivity index (χ0) is 14.8. The second-order valence-corrected chi connectivity index (χ2v) is 4.55. The average molecular weight is 280 g/mol. The van der Waals surface area contributed by atoms with Gasteiger partial charge in [0, 0.05) is 5.69 Å². The molecule has 0 spiro atoms. The van der Waals surface area contributed by atoms with Gasteiger partial charge in [-0.3, -0.25) is 4.98 Å². The minimum Gasteiger partial charge on any atom is -0.308 e. The van der Waals surface area contributed by atoms with Gasteiger partial charge in [-0.15, -0.1) is 0 Å². The van der Waals surface area contributed by atoms with E-state index in [1.165, 1.54) is 12.1 Å². The molecular weight excluding hydrogens is 265 g/mol. The van der Waals surface area contributed by atoms with Gasteiger partial charge >= 0.3 is 6.18 Å². The standard InChI is InChI=1S/C15H15F3N2/c1-10-4-3-5-13(20-10)14(19-2)11-6-8-12(9-7-11)15(16,17)18/h3-9,14,19H,1-2H3. The number of nitrogens with one attached hydrogen (secondary N) is 1. The Morgan fingerprint density at radius 2 is 1.70 bits per heavy atom. The summed E-state index contributed by atoms with van der Waals surface area (Å²) in [6, 6.07) is 10.5. The summed E-state index contributed by atoms with van der Waals surface area (Å²) in [6.45, 7) is 1.88. The van der Waals surface area contributed by atoms with E-state index in [9.17, 15) is 13.2 Å². The molecule has 0 aliphatic rings. The number of halogens is 3. The van der Waals surface area contributed by atoms with E-state index in [0.717, 1.165) is 29.1 Å². The lowest BCUT2D eigenvalue weighted by Gasteiger charge is -2.17. The Balaban J connectivity index is 2.33. The van der Waals surface area contributed by atoms with Crippen LogP contribution in [0, 0.1) is 6.92 Å². The summed E-state index contributed by atoms with van der Waals surface area (Å²) in [5, 5.41) is 3.08. The van der Waals surface area contributed by atoms with E-state index in [1.54, 1.807) is 7.05 Å². The summed E-state index contributed by atoms with van der Waals surface area (Å²) in [5.41, 5.74) is 1.76. The van der Waals surface area contributed by atoms with Crippen molar-refractivity contribution in [2.75, 3.05) is 7.05 Å². The Morgan fingerprint density at radius 3 is 2.20 bits per heavy atom. The molecule has 0 aliphatic heterocycles. The van der Waals surface area contributed by atoms with Crippen molar-refractivity contribution in [3.8, 4) is 0 Å². The molecule has 5 heteroatoms. The number of aromatic nitrogens is 1. The topological polar surface area (TPSA) is 24.9 Å². The molecular formula is C15H15F3N2. The first-order chi connectivity index (χ1) is 9.41. The summed E-state index contributed by atoms with van der Waals surface area (Å²) < 4.78 is 37.7. The Labute approximate surface area is 115 Å². The van der Waals surface area contributed by atoms with Gasteiger partial charge in [0.15, 0.2) is 0 Å². The van der Waals surface area contributed by atoms with Gasteiger partial charge in [-0.1, -0.05) is 18.2 Å². The van der Waals surface area contributed by atoms with E-state index in [4.69, 9.17) is 0 Å². The molecule has 1 N–H and O–H groups in total. The monoisotopic (exact) mass is 280 g/mol. The molecule has 20 heavy (non-hydrogen) atoms. The third-order valence-electron chi connectivity index (χ3n) is 3.07. The molecule has 0 saturated carbocycles. The van der Waals surface area contributed by atoms with Crippen LogP contribution in [0.2, 0.25) is 0 Å².